The van der Waals surface area contributed by atoms with E-state index in [-0.39, 0.29) is 6.04 Å². The van der Waals surface area contributed by atoms with Crippen LogP contribution in [-0.4, -0.2) is 38.0 Å². The van der Waals surface area contributed by atoms with Crippen molar-refractivity contribution in [2.45, 2.75) is 50.3 Å². The molecule has 0 spiro atoms. The lowest BCUT2D eigenvalue weighted by molar-refractivity contribution is -0.0331. The van der Waals surface area contributed by atoms with Gasteiger partial charge in [0.2, 0.25) is 0 Å². The summed E-state index contributed by atoms with van der Waals surface area (Å²) in [7, 11) is 0. The molecule has 16 heavy (non-hydrogen) atoms. The molecule has 1 heterocycles. The van der Waals surface area contributed by atoms with E-state index in [1.54, 1.807) is 0 Å². The van der Waals surface area contributed by atoms with Crippen molar-refractivity contribution in [1.82, 2.24) is 5.32 Å². The van der Waals surface area contributed by atoms with Crippen molar-refractivity contribution in [3.63, 3.8) is 0 Å². The van der Waals surface area contributed by atoms with E-state index in [0.717, 1.165) is 32.5 Å². The molecule has 1 aliphatic carbocycles. The maximum absolute atomic E-state index is 8.95. The first-order valence-corrected chi connectivity index (χ1v) is 6.23. The number of nitrogens with zero attached hydrogens (tertiary/aromatic N) is 1. The summed E-state index contributed by atoms with van der Waals surface area (Å²) in [6.07, 6.45) is 5.57. The first-order valence-electron chi connectivity index (χ1n) is 6.23. The number of rotatable bonds is 6. The Morgan fingerprint density at radius 3 is 2.69 bits per heavy atom. The summed E-state index contributed by atoms with van der Waals surface area (Å²) in [5.74, 6) is 0. The first kappa shape index (κ1) is 11.8. The SMILES string of the molecule is N#CC(CCOC1CCOCC1)NC1CC1. The van der Waals surface area contributed by atoms with Crippen LogP contribution in [0.5, 0.6) is 0 Å². The highest BCUT2D eigenvalue weighted by Crippen LogP contribution is 2.20. The second-order valence-electron chi connectivity index (χ2n) is 4.59. The molecule has 4 nitrogen and oxygen atoms in total. The third kappa shape index (κ3) is 4.09. The maximum Gasteiger partial charge on any atom is 0.0977 e. The number of ether oxygens (including phenoxy) is 2. The number of nitrogens with one attached hydrogen (secondary N) is 1. The van der Waals surface area contributed by atoms with E-state index in [1.165, 1.54) is 12.8 Å². The fraction of sp³-hybridized carbons (Fsp3) is 0.917. The van der Waals surface area contributed by atoms with Gasteiger partial charge in [0.1, 0.15) is 0 Å². The Hall–Kier alpha value is -0.630. The van der Waals surface area contributed by atoms with Gasteiger partial charge in [-0.15, -0.1) is 0 Å². The standard InChI is InChI=1S/C12H20N2O2/c13-9-11(14-10-1-2-10)3-8-16-12-4-6-15-7-5-12/h10-12,14H,1-8H2. The van der Waals surface area contributed by atoms with Gasteiger partial charge in [0.15, 0.2) is 0 Å². The molecular weight excluding hydrogens is 204 g/mol. The van der Waals surface area contributed by atoms with Gasteiger partial charge in [-0.2, -0.15) is 5.26 Å². The molecular formula is C12H20N2O2. The molecule has 2 rings (SSSR count). The van der Waals surface area contributed by atoms with Crippen LogP contribution in [0.3, 0.4) is 0 Å². The van der Waals surface area contributed by atoms with Gasteiger partial charge in [0.05, 0.1) is 18.2 Å². The van der Waals surface area contributed by atoms with Crippen molar-refractivity contribution < 1.29 is 9.47 Å². The van der Waals surface area contributed by atoms with E-state index in [4.69, 9.17) is 14.7 Å². The van der Waals surface area contributed by atoms with Crippen molar-refractivity contribution >= 4 is 0 Å². The van der Waals surface area contributed by atoms with E-state index >= 15 is 0 Å². The van der Waals surface area contributed by atoms with Gasteiger partial charge < -0.3 is 9.47 Å². The van der Waals surface area contributed by atoms with Crippen LogP contribution in [0.4, 0.5) is 0 Å². The van der Waals surface area contributed by atoms with Crippen molar-refractivity contribution in [1.29, 1.82) is 5.26 Å². The van der Waals surface area contributed by atoms with Crippen LogP contribution in [0.2, 0.25) is 0 Å². The third-order valence-electron chi connectivity index (χ3n) is 3.10. The van der Waals surface area contributed by atoms with E-state index in [1.807, 2.05) is 0 Å². The zero-order valence-corrected chi connectivity index (χ0v) is 9.65. The normalized spacial score (nSPS) is 23.9. The third-order valence-corrected chi connectivity index (χ3v) is 3.10. The summed E-state index contributed by atoms with van der Waals surface area (Å²) in [4.78, 5) is 0. The number of nitriles is 1. The lowest BCUT2D eigenvalue weighted by atomic mass is 10.1. The minimum Gasteiger partial charge on any atom is -0.381 e. The van der Waals surface area contributed by atoms with Gasteiger partial charge in [-0.25, -0.2) is 0 Å². The highest BCUT2D eigenvalue weighted by Gasteiger charge is 2.24. The van der Waals surface area contributed by atoms with Gasteiger partial charge in [0.25, 0.3) is 0 Å². The molecule has 0 aromatic carbocycles. The highest BCUT2D eigenvalue weighted by atomic mass is 16.5. The van der Waals surface area contributed by atoms with Gasteiger partial charge in [-0.05, 0) is 32.1 Å². The van der Waals surface area contributed by atoms with Crippen LogP contribution in [-0.2, 0) is 9.47 Å². The fourth-order valence-corrected chi connectivity index (χ4v) is 1.91. The summed E-state index contributed by atoms with van der Waals surface area (Å²) in [5.41, 5.74) is 0. The van der Waals surface area contributed by atoms with Crippen LogP contribution < -0.4 is 5.32 Å². The van der Waals surface area contributed by atoms with E-state index in [0.29, 0.717) is 18.8 Å². The summed E-state index contributed by atoms with van der Waals surface area (Å²) in [6, 6.07) is 2.85. The predicted octanol–water partition coefficient (Wildman–Crippen LogP) is 1.22. The highest BCUT2D eigenvalue weighted by molar-refractivity contribution is 4.95. The van der Waals surface area contributed by atoms with Crippen molar-refractivity contribution in [2.24, 2.45) is 0 Å². The minimum atomic E-state index is -0.0349. The Balaban J connectivity index is 1.56. The molecule has 4 heteroatoms. The van der Waals surface area contributed by atoms with Gasteiger partial charge in [0, 0.05) is 25.9 Å². The van der Waals surface area contributed by atoms with Crippen LogP contribution >= 0.6 is 0 Å². The maximum atomic E-state index is 8.95. The Morgan fingerprint density at radius 2 is 2.06 bits per heavy atom. The summed E-state index contributed by atoms with van der Waals surface area (Å²) in [5, 5.41) is 12.3. The second-order valence-corrected chi connectivity index (χ2v) is 4.59. The van der Waals surface area contributed by atoms with Crippen LogP contribution in [0.1, 0.15) is 32.1 Å². The van der Waals surface area contributed by atoms with Gasteiger partial charge in [-0.3, -0.25) is 5.32 Å². The van der Waals surface area contributed by atoms with Crippen LogP contribution in [0.15, 0.2) is 0 Å². The quantitative estimate of drug-likeness (QED) is 0.737. The summed E-state index contributed by atoms with van der Waals surface area (Å²) in [6.45, 7) is 2.31. The van der Waals surface area contributed by atoms with Crippen molar-refractivity contribution in [3.8, 4) is 6.07 Å². The molecule has 1 saturated carbocycles. The molecule has 1 N–H and O–H groups in total. The molecule has 1 atom stereocenters. The average molecular weight is 224 g/mol. The Bertz CT molecular complexity index is 242. The Morgan fingerprint density at radius 1 is 1.31 bits per heavy atom. The predicted molar refractivity (Wildman–Crippen MR) is 60.0 cm³/mol. The second kappa shape index (κ2) is 6.19. The fourth-order valence-electron chi connectivity index (χ4n) is 1.91. The smallest absolute Gasteiger partial charge is 0.0977 e. The molecule has 0 bridgehead atoms. The zero-order chi connectivity index (χ0) is 11.2. The molecule has 0 amide bonds. The molecule has 1 aliphatic heterocycles. The average Bonchev–Trinajstić information content (AvgIpc) is 3.13. The van der Waals surface area contributed by atoms with E-state index in [9.17, 15) is 0 Å². The zero-order valence-electron chi connectivity index (χ0n) is 9.65. The molecule has 90 valence electrons. The molecule has 2 aliphatic rings. The van der Waals surface area contributed by atoms with E-state index < -0.39 is 0 Å². The molecule has 1 unspecified atom stereocenters. The van der Waals surface area contributed by atoms with Gasteiger partial charge in [-0.1, -0.05) is 0 Å². The number of hydrogen-bond acceptors (Lipinski definition) is 4. The molecule has 2 fully saturated rings. The number of hydrogen-bond donors (Lipinski definition) is 1. The summed E-state index contributed by atoms with van der Waals surface area (Å²) >= 11 is 0. The van der Waals surface area contributed by atoms with Crippen LogP contribution in [0, 0.1) is 11.3 Å². The van der Waals surface area contributed by atoms with Gasteiger partial charge >= 0.3 is 0 Å². The van der Waals surface area contributed by atoms with Crippen LogP contribution in [0.25, 0.3) is 0 Å². The minimum absolute atomic E-state index is 0.0349. The van der Waals surface area contributed by atoms with E-state index in [2.05, 4.69) is 11.4 Å². The monoisotopic (exact) mass is 224 g/mol. The Labute approximate surface area is 96.9 Å². The Kier molecular flexibility index (Phi) is 4.58. The molecule has 0 aromatic heterocycles. The summed E-state index contributed by atoms with van der Waals surface area (Å²) < 4.78 is 11.0. The lowest BCUT2D eigenvalue weighted by Crippen LogP contribution is -2.32. The molecule has 1 saturated heterocycles. The largest absolute Gasteiger partial charge is 0.381 e. The topological polar surface area (TPSA) is 54.3 Å². The van der Waals surface area contributed by atoms with Crippen molar-refractivity contribution in [2.75, 3.05) is 19.8 Å². The van der Waals surface area contributed by atoms with Crippen molar-refractivity contribution in [3.05, 3.63) is 0 Å². The first-order chi connectivity index (χ1) is 7.88. The lowest BCUT2D eigenvalue weighted by Gasteiger charge is -2.22. The molecule has 0 radical (unpaired) electrons. The molecule has 0 aromatic rings.